The maximum atomic E-state index is 11.5. The molecule has 0 spiro atoms. The van der Waals surface area contributed by atoms with Crippen molar-refractivity contribution in [3.05, 3.63) is 23.0 Å². The molecule has 1 unspecified atom stereocenters. The summed E-state index contributed by atoms with van der Waals surface area (Å²) in [6.45, 7) is 0. The molecule has 0 bridgehead atoms. The molecule has 2 aliphatic rings. The van der Waals surface area contributed by atoms with Crippen molar-refractivity contribution >= 4 is 5.78 Å². The zero-order valence-electron chi connectivity index (χ0n) is 7.29. The predicted molar refractivity (Wildman–Crippen MR) is 47.2 cm³/mol. The van der Waals surface area contributed by atoms with Gasteiger partial charge in [-0.3, -0.25) is 4.79 Å². The number of allylic oxidation sites excluding steroid dienone is 2. The van der Waals surface area contributed by atoms with E-state index < -0.39 is 0 Å². The molecule has 0 radical (unpaired) electrons. The number of Topliss-reactive ketones (excluding diaryl/α,β-unsaturated/α-hetero) is 1. The Labute approximate surface area is 76.4 Å². The van der Waals surface area contributed by atoms with Crippen LogP contribution in [-0.4, -0.2) is 22.1 Å². The van der Waals surface area contributed by atoms with E-state index in [0.717, 1.165) is 30.2 Å². The molecule has 2 rings (SSSR count). The second kappa shape index (κ2) is 3.00. The Morgan fingerprint density at radius 3 is 2.92 bits per heavy atom. The van der Waals surface area contributed by atoms with Crippen molar-refractivity contribution in [1.82, 2.24) is 0 Å². The summed E-state index contributed by atoms with van der Waals surface area (Å²) in [6.07, 6.45) is 3.10. The van der Waals surface area contributed by atoms with Crippen LogP contribution in [0, 0.1) is 0 Å². The van der Waals surface area contributed by atoms with Crippen LogP contribution in [-0.2, 0) is 4.79 Å². The van der Waals surface area contributed by atoms with Crippen LogP contribution in [0.15, 0.2) is 23.0 Å². The van der Waals surface area contributed by atoms with E-state index in [0.29, 0.717) is 18.4 Å². The molecule has 0 aromatic carbocycles. The Balaban J connectivity index is 2.29. The van der Waals surface area contributed by atoms with Crippen LogP contribution >= 0.6 is 0 Å². The first-order valence-corrected chi connectivity index (χ1v) is 4.49. The lowest BCUT2D eigenvalue weighted by atomic mass is 9.92. The number of carbonyl (C=O) groups is 1. The van der Waals surface area contributed by atoms with Gasteiger partial charge in [0.25, 0.3) is 0 Å². The van der Waals surface area contributed by atoms with Gasteiger partial charge in [-0.15, -0.1) is 0 Å². The van der Waals surface area contributed by atoms with Crippen molar-refractivity contribution in [3.63, 3.8) is 0 Å². The number of carbonyl (C=O) groups excluding carboxylic acids is 1. The largest absolute Gasteiger partial charge is 0.515 e. The van der Waals surface area contributed by atoms with Crippen molar-refractivity contribution < 1.29 is 15.0 Å². The molecule has 0 heterocycles. The van der Waals surface area contributed by atoms with Gasteiger partial charge in [0.1, 0.15) is 0 Å². The van der Waals surface area contributed by atoms with Gasteiger partial charge in [0.2, 0.25) is 0 Å². The molecular formula is C10H12O3. The topological polar surface area (TPSA) is 57.5 Å². The first-order valence-electron chi connectivity index (χ1n) is 4.49. The minimum atomic E-state index is -0.374. The van der Waals surface area contributed by atoms with Crippen LogP contribution in [0.3, 0.4) is 0 Å². The highest BCUT2D eigenvalue weighted by Gasteiger charge is 2.32. The zero-order valence-corrected chi connectivity index (χ0v) is 7.29. The average Bonchev–Trinajstić information content (AvgIpc) is 2.44. The van der Waals surface area contributed by atoms with E-state index in [1.165, 1.54) is 0 Å². The molecule has 0 amide bonds. The Morgan fingerprint density at radius 2 is 2.23 bits per heavy atom. The molecule has 2 N–H and O–H groups in total. The first-order chi connectivity index (χ1) is 6.22. The molecular weight excluding hydrogens is 168 g/mol. The molecule has 1 atom stereocenters. The van der Waals surface area contributed by atoms with Crippen LogP contribution in [0.5, 0.6) is 0 Å². The molecule has 70 valence electrons. The number of aliphatic hydroxyl groups excluding tert-OH is 2. The lowest BCUT2D eigenvalue weighted by Crippen LogP contribution is -2.15. The van der Waals surface area contributed by atoms with E-state index in [9.17, 15) is 9.90 Å². The fourth-order valence-corrected chi connectivity index (χ4v) is 2.03. The van der Waals surface area contributed by atoms with Crippen LogP contribution in [0.2, 0.25) is 0 Å². The zero-order chi connectivity index (χ0) is 9.42. The number of ketones is 1. The van der Waals surface area contributed by atoms with Gasteiger partial charge in [0.15, 0.2) is 5.78 Å². The minimum Gasteiger partial charge on any atom is -0.515 e. The van der Waals surface area contributed by atoms with E-state index in [-0.39, 0.29) is 11.9 Å². The van der Waals surface area contributed by atoms with Crippen LogP contribution in [0.1, 0.15) is 25.7 Å². The highest BCUT2D eigenvalue weighted by Crippen LogP contribution is 2.37. The van der Waals surface area contributed by atoms with Crippen molar-refractivity contribution in [1.29, 1.82) is 0 Å². The number of aliphatic hydroxyl groups is 2. The maximum Gasteiger partial charge on any atom is 0.188 e. The van der Waals surface area contributed by atoms with Crippen LogP contribution in [0.4, 0.5) is 0 Å². The highest BCUT2D eigenvalue weighted by molar-refractivity contribution is 6.11. The van der Waals surface area contributed by atoms with Crippen molar-refractivity contribution in [2.24, 2.45) is 0 Å². The van der Waals surface area contributed by atoms with E-state index >= 15 is 0 Å². The molecule has 0 saturated heterocycles. The van der Waals surface area contributed by atoms with E-state index in [2.05, 4.69) is 0 Å². The summed E-state index contributed by atoms with van der Waals surface area (Å²) >= 11 is 0. The van der Waals surface area contributed by atoms with Gasteiger partial charge in [-0.05, 0) is 12.8 Å². The summed E-state index contributed by atoms with van der Waals surface area (Å²) in [6, 6.07) is 0. The monoisotopic (exact) mass is 180 g/mol. The van der Waals surface area contributed by atoms with E-state index in [4.69, 9.17) is 5.11 Å². The summed E-state index contributed by atoms with van der Waals surface area (Å²) in [4.78, 5) is 11.5. The van der Waals surface area contributed by atoms with E-state index in [1.807, 2.05) is 0 Å². The Kier molecular flexibility index (Phi) is 1.96. The normalized spacial score (nSPS) is 31.3. The SMILES string of the molecule is O=C1C2=C(CCC(O)C2)C/C1=C\O. The van der Waals surface area contributed by atoms with Crippen molar-refractivity contribution in [3.8, 4) is 0 Å². The quantitative estimate of drug-likeness (QED) is 0.435. The van der Waals surface area contributed by atoms with Gasteiger partial charge in [0, 0.05) is 24.0 Å². The second-order valence-electron chi connectivity index (χ2n) is 3.64. The molecule has 3 nitrogen and oxygen atoms in total. The fourth-order valence-electron chi connectivity index (χ4n) is 2.03. The fraction of sp³-hybridized carbons (Fsp3) is 0.500. The Bertz CT molecular complexity index is 312. The average molecular weight is 180 g/mol. The van der Waals surface area contributed by atoms with Crippen molar-refractivity contribution in [2.75, 3.05) is 0 Å². The Morgan fingerprint density at radius 1 is 1.46 bits per heavy atom. The number of hydrogen-bond acceptors (Lipinski definition) is 3. The van der Waals surface area contributed by atoms with Gasteiger partial charge in [-0.1, -0.05) is 5.57 Å². The smallest absolute Gasteiger partial charge is 0.188 e. The summed E-state index contributed by atoms with van der Waals surface area (Å²) in [5.74, 6) is -0.0729. The van der Waals surface area contributed by atoms with Gasteiger partial charge in [0.05, 0.1) is 12.4 Å². The lowest BCUT2D eigenvalue weighted by molar-refractivity contribution is -0.112. The third-order valence-electron chi connectivity index (χ3n) is 2.77. The molecule has 2 aliphatic carbocycles. The van der Waals surface area contributed by atoms with Gasteiger partial charge >= 0.3 is 0 Å². The second-order valence-corrected chi connectivity index (χ2v) is 3.64. The number of rotatable bonds is 0. The first kappa shape index (κ1) is 8.51. The molecule has 0 fully saturated rings. The summed E-state index contributed by atoms with van der Waals surface area (Å²) in [5, 5.41) is 18.1. The van der Waals surface area contributed by atoms with Gasteiger partial charge < -0.3 is 10.2 Å². The molecule has 0 aromatic heterocycles. The third kappa shape index (κ3) is 1.29. The van der Waals surface area contributed by atoms with Gasteiger partial charge in [-0.2, -0.15) is 0 Å². The Hall–Kier alpha value is -1.09. The highest BCUT2D eigenvalue weighted by atomic mass is 16.3. The molecule has 13 heavy (non-hydrogen) atoms. The van der Waals surface area contributed by atoms with E-state index in [1.54, 1.807) is 0 Å². The predicted octanol–water partition coefficient (Wildman–Crippen LogP) is 1.24. The summed E-state index contributed by atoms with van der Waals surface area (Å²) < 4.78 is 0. The number of hydrogen-bond donors (Lipinski definition) is 2. The van der Waals surface area contributed by atoms with Gasteiger partial charge in [-0.25, -0.2) is 0 Å². The summed E-state index contributed by atoms with van der Waals surface area (Å²) in [7, 11) is 0. The molecule has 0 aromatic rings. The van der Waals surface area contributed by atoms with Crippen molar-refractivity contribution in [2.45, 2.75) is 31.8 Å². The standard InChI is InChI=1S/C10H12O3/c11-5-7-3-6-1-2-8(12)4-9(6)10(7)13/h5,8,11-12H,1-4H2/b7-5+. The summed E-state index contributed by atoms with van der Waals surface area (Å²) in [5.41, 5.74) is 2.31. The van der Waals surface area contributed by atoms with Crippen LogP contribution < -0.4 is 0 Å². The molecule has 0 aliphatic heterocycles. The molecule has 3 heteroatoms. The maximum absolute atomic E-state index is 11.5. The third-order valence-corrected chi connectivity index (χ3v) is 2.77. The minimum absolute atomic E-state index is 0.0729. The van der Waals surface area contributed by atoms with Crippen LogP contribution in [0.25, 0.3) is 0 Å². The lowest BCUT2D eigenvalue weighted by Gasteiger charge is -2.17. The molecule has 0 saturated carbocycles.